The molecule has 0 unspecified atom stereocenters. The number of aliphatic hydroxyl groups excluding tert-OH is 1. The van der Waals surface area contributed by atoms with Gasteiger partial charge in [0.25, 0.3) is 0 Å². The van der Waals surface area contributed by atoms with Crippen LogP contribution in [0, 0.1) is 23.2 Å². The zero-order chi connectivity index (χ0) is 17.0. The number of hydrogen-bond acceptors (Lipinski definition) is 5. The monoisotopic (exact) mass is 337 g/mol. The summed E-state index contributed by atoms with van der Waals surface area (Å²) in [5.74, 6) is 0.0950. The first-order chi connectivity index (χ1) is 10.9. The minimum atomic E-state index is -3.74. The molecule has 2 atom stereocenters. The van der Waals surface area contributed by atoms with E-state index in [0.717, 1.165) is 13.0 Å². The van der Waals surface area contributed by atoms with Crippen LogP contribution in [0.1, 0.15) is 12.0 Å². The van der Waals surface area contributed by atoms with Crippen LogP contribution in [0.4, 0.5) is 0 Å². The molecule has 1 aromatic rings. The fourth-order valence-electron chi connectivity index (χ4n) is 3.17. The highest BCUT2D eigenvalue weighted by molar-refractivity contribution is 7.89. The molecule has 126 valence electrons. The molecule has 1 aliphatic heterocycles. The van der Waals surface area contributed by atoms with Crippen LogP contribution in [0.5, 0.6) is 0 Å². The second-order valence-electron chi connectivity index (χ2n) is 6.34. The molecule has 0 aromatic heterocycles. The van der Waals surface area contributed by atoms with Gasteiger partial charge >= 0.3 is 0 Å². The highest BCUT2D eigenvalue weighted by atomic mass is 32.2. The number of hydrogen-bond donors (Lipinski definition) is 1. The number of aliphatic hydroxyl groups is 1. The van der Waals surface area contributed by atoms with E-state index in [0.29, 0.717) is 13.1 Å². The molecule has 6 nitrogen and oxygen atoms in total. The summed E-state index contributed by atoms with van der Waals surface area (Å²) >= 11 is 0. The molecule has 1 aliphatic rings. The molecule has 0 saturated carbocycles. The maximum atomic E-state index is 12.9. The average Bonchev–Trinajstić information content (AvgIpc) is 2.53. The van der Waals surface area contributed by atoms with E-state index < -0.39 is 10.0 Å². The van der Waals surface area contributed by atoms with Gasteiger partial charge in [-0.1, -0.05) is 12.1 Å². The molecule has 1 fully saturated rings. The Balaban J connectivity index is 2.32. The van der Waals surface area contributed by atoms with E-state index in [1.807, 2.05) is 25.1 Å². The summed E-state index contributed by atoms with van der Waals surface area (Å²) in [7, 11) is 0.166. The van der Waals surface area contributed by atoms with Gasteiger partial charge < -0.3 is 10.0 Å². The van der Waals surface area contributed by atoms with Gasteiger partial charge in [-0.25, -0.2) is 8.42 Å². The van der Waals surface area contributed by atoms with Crippen molar-refractivity contribution < 1.29 is 13.5 Å². The highest BCUT2D eigenvalue weighted by Gasteiger charge is 2.35. The molecule has 0 aliphatic carbocycles. The molecule has 0 spiro atoms. The molecule has 23 heavy (non-hydrogen) atoms. The maximum absolute atomic E-state index is 12.9. The van der Waals surface area contributed by atoms with Crippen molar-refractivity contribution in [2.75, 3.05) is 40.3 Å². The molecular formula is C16H23N3O3S. The zero-order valence-electron chi connectivity index (χ0n) is 13.5. The van der Waals surface area contributed by atoms with Crippen LogP contribution in [0.3, 0.4) is 0 Å². The Bertz CT molecular complexity index is 682. The topological polar surface area (TPSA) is 84.6 Å². The van der Waals surface area contributed by atoms with Gasteiger partial charge in [-0.15, -0.1) is 0 Å². The van der Waals surface area contributed by atoms with E-state index in [1.165, 1.54) is 16.4 Å². The second-order valence-corrected chi connectivity index (χ2v) is 8.25. The molecular weight excluding hydrogens is 314 g/mol. The Hall–Kier alpha value is -1.46. The minimum absolute atomic E-state index is 0.0319. The number of nitriles is 1. The third-order valence-electron chi connectivity index (χ3n) is 4.10. The molecule has 7 heteroatoms. The molecule has 1 heterocycles. The molecule has 0 radical (unpaired) electrons. The van der Waals surface area contributed by atoms with E-state index in [2.05, 4.69) is 0 Å². The molecule has 1 aromatic carbocycles. The number of benzene rings is 1. The van der Waals surface area contributed by atoms with Crippen molar-refractivity contribution in [1.29, 1.82) is 5.26 Å². The lowest BCUT2D eigenvalue weighted by atomic mass is 9.91. The van der Waals surface area contributed by atoms with Gasteiger partial charge in [0.2, 0.25) is 10.0 Å². The molecule has 0 amide bonds. The summed E-state index contributed by atoms with van der Waals surface area (Å²) in [5.41, 5.74) is 0.155. The molecule has 1 N–H and O–H groups in total. The van der Waals surface area contributed by atoms with E-state index in [4.69, 9.17) is 5.26 Å². The largest absolute Gasteiger partial charge is 0.396 e. The lowest BCUT2D eigenvalue weighted by Gasteiger charge is -2.37. The van der Waals surface area contributed by atoms with Gasteiger partial charge in [-0.3, -0.25) is 0 Å². The van der Waals surface area contributed by atoms with Crippen LogP contribution >= 0.6 is 0 Å². The van der Waals surface area contributed by atoms with Crippen molar-refractivity contribution in [3.63, 3.8) is 0 Å². The SMILES string of the molecule is CN(C)C[C@H]1C[C@@H](CO)CN(S(=O)(=O)c2ccccc2C#N)C1. The molecule has 0 bridgehead atoms. The van der Waals surface area contributed by atoms with Crippen LogP contribution < -0.4 is 0 Å². The summed E-state index contributed by atoms with van der Waals surface area (Å²) in [6, 6.07) is 8.20. The van der Waals surface area contributed by atoms with Gasteiger partial charge in [-0.2, -0.15) is 9.57 Å². The van der Waals surface area contributed by atoms with Crippen molar-refractivity contribution in [2.24, 2.45) is 11.8 Å². The second kappa shape index (κ2) is 7.41. The standard InChI is InChI=1S/C16H23N3O3S/c1-18(2)9-13-7-14(12-20)11-19(10-13)23(21,22)16-6-4-3-5-15(16)8-17/h3-6,13-14,20H,7,9-12H2,1-2H3/t13-,14-/m1/s1. The Morgan fingerprint density at radius 1 is 1.30 bits per heavy atom. The lowest BCUT2D eigenvalue weighted by molar-refractivity contribution is 0.117. The van der Waals surface area contributed by atoms with Gasteiger partial charge in [0.1, 0.15) is 6.07 Å². The Labute approximate surface area is 138 Å². The third kappa shape index (κ3) is 4.09. The van der Waals surface area contributed by atoms with E-state index in [9.17, 15) is 13.5 Å². The smallest absolute Gasteiger partial charge is 0.244 e. The van der Waals surface area contributed by atoms with Gasteiger partial charge in [0.05, 0.1) is 10.5 Å². The maximum Gasteiger partial charge on any atom is 0.244 e. The number of sulfonamides is 1. The first kappa shape index (κ1) is 17.9. The molecule has 1 saturated heterocycles. The minimum Gasteiger partial charge on any atom is -0.396 e. The van der Waals surface area contributed by atoms with Gasteiger partial charge in [-0.05, 0) is 44.5 Å². The normalized spacial score (nSPS) is 22.9. The first-order valence-electron chi connectivity index (χ1n) is 7.63. The van der Waals surface area contributed by atoms with Crippen molar-refractivity contribution in [3.8, 4) is 6.07 Å². The Kier molecular flexibility index (Phi) is 5.76. The summed E-state index contributed by atoms with van der Waals surface area (Å²) < 4.78 is 27.3. The summed E-state index contributed by atoms with van der Waals surface area (Å²) in [5, 5.41) is 18.7. The Morgan fingerprint density at radius 2 is 1.96 bits per heavy atom. The van der Waals surface area contributed by atoms with Crippen LogP contribution in [-0.4, -0.2) is 63.1 Å². The number of nitrogens with zero attached hydrogens (tertiary/aromatic N) is 3. The van der Waals surface area contributed by atoms with E-state index >= 15 is 0 Å². The summed E-state index contributed by atoms with van der Waals surface area (Å²) in [6.45, 7) is 1.44. The van der Waals surface area contributed by atoms with Crippen LogP contribution in [0.2, 0.25) is 0 Å². The Morgan fingerprint density at radius 3 is 2.57 bits per heavy atom. The quantitative estimate of drug-likeness (QED) is 0.856. The fourth-order valence-corrected chi connectivity index (χ4v) is 4.91. The molecule has 2 rings (SSSR count). The predicted molar refractivity (Wildman–Crippen MR) is 87.2 cm³/mol. The van der Waals surface area contributed by atoms with Crippen molar-refractivity contribution in [3.05, 3.63) is 29.8 Å². The third-order valence-corrected chi connectivity index (χ3v) is 5.99. The number of piperidine rings is 1. The van der Waals surface area contributed by atoms with Crippen LogP contribution in [0.15, 0.2) is 29.2 Å². The van der Waals surface area contributed by atoms with Crippen molar-refractivity contribution in [1.82, 2.24) is 9.21 Å². The van der Waals surface area contributed by atoms with Gasteiger partial charge in [0, 0.05) is 26.2 Å². The zero-order valence-corrected chi connectivity index (χ0v) is 14.3. The average molecular weight is 337 g/mol. The number of rotatable bonds is 5. The van der Waals surface area contributed by atoms with E-state index in [-0.39, 0.29) is 28.9 Å². The van der Waals surface area contributed by atoms with Crippen LogP contribution in [-0.2, 0) is 10.0 Å². The highest BCUT2D eigenvalue weighted by Crippen LogP contribution is 2.28. The fraction of sp³-hybridized carbons (Fsp3) is 0.562. The predicted octanol–water partition coefficient (Wildman–Crippen LogP) is 0.739. The summed E-state index contributed by atoms with van der Waals surface area (Å²) in [6.07, 6.45) is 0.806. The summed E-state index contributed by atoms with van der Waals surface area (Å²) in [4.78, 5) is 2.07. The first-order valence-corrected chi connectivity index (χ1v) is 9.07. The van der Waals surface area contributed by atoms with Crippen molar-refractivity contribution in [2.45, 2.75) is 11.3 Å². The van der Waals surface area contributed by atoms with Crippen molar-refractivity contribution >= 4 is 10.0 Å². The van der Waals surface area contributed by atoms with Crippen LogP contribution in [0.25, 0.3) is 0 Å². The van der Waals surface area contributed by atoms with E-state index in [1.54, 1.807) is 12.1 Å². The lowest BCUT2D eigenvalue weighted by Crippen LogP contribution is -2.47. The van der Waals surface area contributed by atoms with Gasteiger partial charge in [0.15, 0.2) is 0 Å².